The van der Waals surface area contributed by atoms with E-state index in [4.69, 9.17) is 4.74 Å². The smallest absolute Gasteiger partial charge is 0.184 e. The van der Waals surface area contributed by atoms with Crippen LogP contribution in [0.2, 0.25) is 0 Å². The van der Waals surface area contributed by atoms with E-state index >= 15 is 0 Å². The van der Waals surface area contributed by atoms with Crippen LogP contribution in [0.25, 0.3) is 11.4 Å². The number of tetrazole rings is 1. The van der Waals surface area contributed by atoms with E-state index in [2.05, 4.69) is 15.5 Å². The van der Waals surface area contributed by atoms with Crippen LogP contribution in [0.4, 0.5) is 0 Å². The lowest BCUT2D eigenvalue weighted by Crippen LogP contribution is -2.04. The van der Waals surface area contributed by atoms with Crippen LogP contribution >= 0.6 is 0 Å². The molecule has 1 aromatic heterocycles. The maximum Gasteiger partial charge on any atom is 0.184 e. The molecule has 1 aromatic carbocycles. The SMILES string of the molecule is COCn1nnnc1-c1ccccc1. The topological polar surface area (TPSA) is 52.8 Å². The third-order valence-corrected chi connectivity index (χ3v) is 1.82. The molecule has 0 aliphatic carbocycles. The number of methoxy groups -OCH3 is 1. The van der Waals surface area contributed by atoms with Crippen molar-refractivity contribution in [3.63, 3.8) is 0 Å². The van der Waals surface area contributed by atoms with Crippen LogP contribution in [-0.4, -0.2) is 27.3 Å². The number of aromatic nitrogens is 4. The summed E-state index contributed by atoms with van der Waals surface area (Å²) in [7, 11) is 1.61. The Balaban J connectivity index is 2.37. The van der Waals surface area contributed by atoms with Crippen LogP contribution < -0.4 is 0 Å². The normalized spacial score (nSPS) is 10.4. The van der Waals surface area contributed by atoms with E-state index in [-0.39, 0.29) is 0 Å². The molecule has 1 heterocycles. The van der Waals surface area contributed by atoms with Crippen LogP contribution in [-0.2, 0) is 11.5 Å². The first-order valence-electron chi connectivity index (χ1n) is 4.22. The quantitative estimate of drug-likeness (QED) is 0.722. The first-order chi connectivity index (χ1) is 6.92. The lowest BCUT2D eigenvalue weighted by molar-refractivity contribution is 0.120. The number of nitrogens with zero attached hydrogens (tertiary/aromatic N) is 4. The molecule has 5 heteroatoms. The molecule has 0 radical (unpaired) electrons. The lowest BCUT2D eigenvalue weighted by Gasteiger charge is -2.01. The van der Waals surface area contributed by atoms with Gasteiger partial charge in [0.2, 0.25) is 0 Å². The van der Waals surface area contributed by atoms with Crippen molar-refractivity contribution in [3.05, 3.63) is 30.3 Å². The fraction of sp³-hybridized carbons (Fsp3) is 0.222. The largest absolute Gasteiger partial charge is 0.362 e. The number of rotatable bonds is 3. The molecule has 0 atom stereocenters. The Bertz CT molecular complexity index is 398. The Hall–Kier alpha value is -1.75. The van der Waals surface area contributed by atoms with Gasteiger partial charge in [0.05, 0.1) is 0 Å². The Labute approximate surface area is 81.3 Å². The monoisotopic (exact) mass is 190 g/mol. The number of hydrogen-bond donors (Lipinski definition) is 0. The van der Waals surface area contributed by atoms with E-state index < -0.39 is 0 Å². The van der Waals surface area contributed by atoms with Crippen LogP contribution in [0.5, 0.6) is 0 Å². The molecule has 14 heavy (non-hydrogen) atoms. The zero-order valence-electron chi connectivity index (χ0n) is 7.79. The molecule has 0 amide bonds. The zero-order valence-corrected chi connectivity index (χ0v) is 7.79. The minimum atomic E-state index is 0.358. The van der Waals surface area contributed by atoms with Gasteiger partial charge in [0.1, 0.15) is 6.73 Å². The highest BCUT2D eigenvalue weighted by molar-refractivity contribution is 5.53. The summed E-state index contributed by atoms with van der Waals surface area (Å²) in [6.45, 7) is 0.358. The molecule has 72 valence electrons. The molecule has 0 aliphatic heterocycles. The van der Waals surface area contributed by atoms with Gasteiger partial charge in [-0.25, -0.2) is 0 Å². The fourth-order valence-corrected chi connectivity index (χ4v) is 1.21. The van der Waals surface area contributed by atoms with Crippen molar-refractivity contribution in [2.75, 3.05) is 7.11 Å². The standard InChI is InChI=1S/C9H10N4O/c1-14-7-13-9(10-11-12-13)8-5-3-2-4-6-8/h2-6H,7H2,1H3. The second-order valence-corrected chi connectivity index (χ2v) is 2.79. The Morgan fingerprint density at radius 2 is 2.07 bits per heavy atom. The summed E-state index contributed by atoms with van der Waals surface area (Å²) in [5.74, 6) is 0.715. The van der Waals surface area contributed by atoms with Gasteiger partial charge in [-0.15, -0.1) is 5.10 Å². The molecule has 0 saturated carbocycles. The zero-order chi connectivity index (χ0) is 9.80. The van der Waals surface area contributed by atoms with Crippen LogP contribution in [0.1, 0.15) is 0 Å². The lowest BCUT2D eigenvalue weighted by atomic mass is 10.2. The number of ether oxygens (including phenoxy) is 1. The summed E-state index contributed by atoms with van der Waals surface area (Å²) in [4.78, 5) is 0. The summed E-state index contributed by atoms with van der Waals surface area (Å²) in [5, 5.41) is 11.3. The summed E-state index contributed by atoms with van der Waals surface area (Å²) in [5.41, 5.74) is 0.981. The predicted molar refractivity (Wildman–Crippen MR) is 50.3 cm³/mol. The molecule has 0 bridgehead atoms. The van der Waals surface area contributed by atoms with Crippen molar-refractivity contribution in [3.8, 4) is 11.4 Å². The molecule has 2 aromatic rings. The third-order valence-electron chi connectivity index (χ3n) is 1.82. The predicted octanol–water partition coefficient (Wildman–Crippen LogP) is 0.944. The summed E-state index contributed by atoms with van der Waals surface area (Å²) < 4.78 is 6.58. The van der Waals surface area contributed by atoms with Gasteiger partial charge in [-0.3, -0.25) is 0 Å². The van der Waals surface area contributed by atoms with Crippen LogP contribution in [0.3, 0.4) is 0 Å². The first kappa shape index (κ1) is 8.83. The fourth-order valence-electron chi connectivity index (χ4n) is 1.21. The Morgan fingerprint density at radius 3 is 2.79 bits per heavy atom. The minimum absolute atomic E-state index is 0.358. The minimum Gasteiger partial charge on any atom is -0.362 e. The van der Waals surface area contributed by atoms with E-state index in [1.807, 2.05) is 30.3 Å². The second-order valence-electron chi connectivity index (χ2n) is 2.79. The van der Waals surface area contributed by atoms with Gasteiger partial charge in [-0.05, 0) is 10.4 Å². The number of benzene rings is 1. The van der Waals surface area contributed by atoms with Crippen molar-refractivity contribution < 1.29 is 4.74 Å². The van der Waals surface area contributed by atoms with E-state index in [1.54, 1.807) is 11.8 Å². The van der Waals surface area contributed by atoms with Gasteiger partial charge in [0.15, 0.2) is 5.82 Å². The molecule has 0 fully saturated rings. The van der Waals surface area contributed by atoms with Gasteiger partial charge >= 0.3 is 0 Å². The van der Waals surface area contributed by atoms with Gasteiger partial charge in [0, 0.05) is 12.7 Å². The first-order valence-corrected chi connectivity index (χ1v) is 4.22. The third kappa shape index (κ3) is 1.62. The highest BCUT2D eigenvalue weighted by Crippen LogP contribution is 2.13. The summed E-state index contributed by atoms with van der Waals surface area (Å²) >= 11 is 0. The maximum absolute atomic E-state index is 4.97. The second kappa shape index (κ2) is 3.97. The molecule has 0 N–H and O–H groups in total. The van der Waals surface area contributed by atoms with Gasteiger partial charge in [-0.1, -0.05) is 30.3 Å². The van der Waals surface area contributed by atoms with E-state index in [9.17, 15) is 0 Å². The van der Waals surface area contributed by atoms with Gasteiger partial charge in [0.25, 0.3) is 0 Å². The van der Waals surface area contributed by atoms with E-state index in [1.165, 1.54) is 0 Å². The molecule has 0 unspecified atom stereocenters. The van der Waals surface area contributed by atoms with E-state index in [0.717, 1.165) is 5.56 Å². The molecule has 0 aliphatic rings. The van der Waals surface area contributed by atoms with Crippen molar-refractivity contribution >= 4 is 0 Å². The highest BCUT2D eigenvalue weighted by Gasteiger charge is 2.06. The van der Waals surface area contributed by atoms with Crippen molar-refractivity contribution in [1.29, 1.82) is 0 Å². The highest BCUT2D eigenvalue weighted by atomic mass is 16.5. The van der Waals surface area contributed by atoms with Gasteiger partial charge < -0.3 is 4.74 Å². The van der Waals surface area contributed by atoms with Gasteiger partial charge in [-0.2, -0.15) is 4.68 Å². The molecular weight excluding hydrogens is 180 g/mol. The van der Waals surface area contributed by atoms with Crippen molar-refractivity contribution in [1.82, 2.24) is 20.2 Å². The Kier molecular flexibility index (Phi) is 2.51. The van der Waals surface area contributed by atoms with Crippen molar-refractivity contribution in [2.45, 2.75) is 6.73 Å². The molecule has 0 spiro atoms. The summed E-state index contributed by atoms with van der Waals surface area (Å²) in [6.07, 6.45) is 0. The van der Waals surface area contributed by atoms with Crippen LogP contribution in [0.15, 0.2) is 30.3 Å². The molecule has 5 nitrogen and oxygen atoms in total. The summed E-state index contributed by atoms with van der Waals surface area (Å²) in [6, 6.07) is 9.76. The molecule has 0 saturated heterocycles. The molecule has 2 rings (SSSR count). The van der Waals surface area contributed by atoms with Crippen LogP contribution in [0, 0.1) is 0 Å². The molecular formula is C9H10N4O. The Morgan fingerprint density at radius 1 is 1.29 bits per heavy atom. The van der Waals surface area contributed by atoms with E-state index in [0.29, 0.717) is 12.6 Å². The average Bonchev–Trinajstić information content (AvgIpc) is 2.68. The van der Waals surface area contributed by atoms with Crippen molar-refractivity contribution in [2.24, 2.45) is 0 Å². The number of hydrogen-bond acceptors (Lipinski definition) is 4. The average molecular weight is 190 g/mol. The maximum atomic E-state index is 4.97.